The second-order valence-electron chi connectivity index (χ2n) is 2.41. The van der Waals surface area contributed by atoms with Crippen LogP contribution in [-0.2, 0) is 0 Å². The molecule has 0 aliphatic heterocycles. The number of carbonyl (C=O) groups excluding carboxylic acids is 1. The Morgan fingerprint density at radius 1 is 1.43 bits per heavy atom. The van der Waals surface area contributed by atoms with Crippen LogP contribution in [0.2, 0.25) is 5.02 Å². The number of Topliss-reactive ketones (excluding diaryl/α,β-unsaturated/α-hetero) is 1. The number of benzene rings is 1. The Morgan fingerprint density at radius 2 is 2.00 bits per heavy atom. The summed E-state index contributed by atoms with van der Waals surface area (Å²) in [6, 6.07) is 1.74. The van der Waals surface area contributed by atoms with Gasteiger partial charge in [-0.05, 0) is 28.1 Å². The average Bonchev–Trinajstić information content (AvgIpc) is 2.10. The van der Waals surface area contributed by atoms with Crippen LogP contribution in [0.4, 0.5) is 13.2 Å². The van der Waals surface area contributed by atoms with Gasteiger partial charge in [-0.3, -0.25) is 4.79 Å². The maximum atomic E-state index is 13.0. The van der Waals surface area contributed by atoms with Crippen molar-refractivity contribution >= 4 is 33.3 Å². The van der Waals surface area contributed by atoms with Crippen LogP contribution >= 0.6 is 27.5 Å². The number of carbonyl (C=O) groups is 1. The molecule has 1 aromatic rings. The number of hydrogen-bond acceptors (Lipinski definition) is 1. The van der Waals surface area contributed by atoms with E-state index in [4.69, 9.17) is 11.6 Å². The molecule has 0 radical (unpaired) electrons. The van der Waals surface area contributed by atoms with Gasteiger partial charge in [-0.25, -0.2) is 13.2 Å². The third-order valence-corrected chi connectivity index (χ3v) is 2.67. The topological polar surface area (TPSA) is 17.1 Å². The van der Waals surface area contributed by atoms with E-state index in [-0.39, 0.29) is 9.50 Å². The maximum Gasteiger partial charge on any atom is 0.300 e. The van der Waals surface area contributed by atoms with Crippen molar-refractivity contribution in [2.75, 3.05) is 0 Å². The van der Waals surface area contributed by atoms with Gasteiger partial charge < -0.3 is 0 Å². The molecule has 0 N–H and O–H groups in total. The van der Waals surface area contributed by atoms with Gasteiger partial charge in [-0.15, -0.1) is 0 Å². The van der Waals surface area contributed by atoms with Crippen LogP contribution in [0, 0.1) is 5.82 Å². The summed E-state index contributed by atoms with van der Waals surface area (Å²) in [6.07, 6.45) is -3.23. The molecular formula is C8H3BrClF3O. The van der Waals surface area contributed by atoms with Gasteiger partial charge >= 0.3 is 6.43 Å². The van der Waals surface area contributed by atoms with Crippen molar-refractivity contribution < 1.29 is 18.0 Å². The molecule has 0 aliphatic carbocycles. The fraction of sp³-hybridized carbons (Fsp3) is 0.125. The van der Waals surface area contributed by atoms with Crippen LogP contribution in [0.1, 0.15) is 10.4 Å². The van der Waals surface area contributed by atoms with Gasteiger partial charge in [-0.1, -0.05) is 11.6 Å². The zero-order valence-corrected chi connectivity index (χ0v) is 8.87. The summed E-state index contributed by atoms with van der Waals surface area (Å²) < 4.78 is 37.1. The zero-order chi connectivity index (χ0) is 10.9. The van der Waals surface area contributed by atoms with Gasteiger partial charge in [0.05, 0.1) is 10.6 Å². The Kier molecular flexibility index (Phi) is 3.55. The molecule has 0 saturated carbocycles. The second kappa shape index (κ2) is 4.31. The minimum absolute atomic E-state index is 0.00963. The molecular weight excluding hydrogens is 284 g/mol. The SMILES string of the molecule is O=C(c1cc(Cl)c(Br)cc1F)C(F)F. The molecule has 1 nitrogen and oxygen atoms in total. The molecule has 0 saturated heterocycles. The first kappa shape index (κ1) is 11.5. The molecule has 76 valence electrons. The zero-order valence-electron chi connectivity index (χ0n) is 6.53. The van der Waals surface area contributed by atoms with Crippen molar-refractivity contribution in [3.63, 3.8) is 0 Å². The number of ketones is 1. The van der Waals surface area contributed by atoms with Crippen LogP contribution in [0.15, 0.2) is 16.6 Å². The fourth-order valence-electron chi connectivity index (χ4n) is 0.829. The summed E-state index contributed by atoms with van der Waals surface area (Å²) in [5.41, 5.74) is -0.701. The Bertz CT molecular complexity index is 381. The van der Waals surface area contributed by atoms with Crippen LogP contribution < -0.4 is 0 Å². The Labute approximate surface area is 91.0 Å². The highest BCUT2D eigenvalue weighted by molar-refractivity contribution is 9.10. The monoisotopic (exact) mass is 286 g/mol. The largest absolute Gasteiger partial charge is 0.300 e. The average molecular weight is 287 g/mol. The summed E-state index contributed by atoms with van der Waals surface area (Å²) >= 11 is 8.42. The van der Waals surface area contributed by atoms with E-state index in [0.29, 0.717) is 0 Å². The molecule has 14 heavy (non-hydrogen) atoms. The van der Waals surface area contributed by atoms with Crippen molar-refractivity contribution in [3.05, 3.63) is 33.0 Å². The van der Waals surface area contributed by atoms with Crippen molar-refractivity contribution in [2.45, 2.75) is 6.43 Å². The summed E-state index contributed by atoms with van der Waals surface area (Å²) in [5, 5.41) is 0.00963. The summed E-state index contributed by atoms with van der Waals surface area (Å²) in [4.78, 5) is 10.8. The lowest BCUT2D eigenvalue weighted by Gasteiger charge is -2.03. The van der Waals surface area contributed by atoms with Crippen LogP contribution in [0.5, 0.6) is 0 Å². The summed E-state index contributed by atoms with van der Waals surface area (Å²) in [7, 11) is 0. The molecule has 0 aliphatic rings. The van der Waals surface area contributed by atoms with E-state index < -0.39 is 23.6 Å². The molecule has 0 unspecified atom stereocenters. The first-order chi connectivity index (χ1) is 6.43. The van der Waals surface area contributed by atoms with Gasteiger partial charge in [0, 0.05) is 4.47 Å². The van der Waals surface area contributed by atoms with Crippen molar-refractivity contribution in [2.24, 2.45) is 0 Å². The molecule has 0 spiro atoms. The predicted octanol–water partition coefficient (Wildman–Crippen LogP) is 3.69. The summed E-state index contributed by atoms with van der Waals surface area (Å²) in [5.74, 6) is -2.59. The van der Waals surface area contributed by atoms with E-state index in [9.17, 15) is 18.0 Å². The van der Waals surface area contributed by atoms with E-state index in [1.165, 1.54) is 0 Å². The van der Waals surface area contributed by atoms with E-state index >= 15 is 0 Å². The minimum atomic E-state index is -3.23. The second-order valence-corrected chi connectivity index (χ2v) is 3.67. The number of halogens is 5. The number of rotatable bonds is 2. The van der Waals surface area contributed by atoms with E-state index in [0.717, 1.165) is 12.1 Å². The van der Waals surface area contributed by atoms with Gasteiger partial charge in [0.15, 0.2) is 0 Å². The standard InChI is InChI=1S/C8H3BrClF3O/c9-4-2-6(11)3(1-5(4)10)7(14)8(12)13/h1-2,8H. The van der Waals surface area contributed by atoms with Crippen molar-refractivity contribution in [1.82, 2.24) is 0 Å². The third-order valence-electron chi connectivity index (χ3n) is 1.47. The van der Waals surface area contributed by atoms with Crippen molar-refractivity contribution in [1.29, 1.82) is 0 Å². The lowest BCUT2D eigenvalue weighted by molar-refractivity contribution is 0.0674. The van der Waals surface area contributed by atoms with Gasteiger partial charge in [0.25, 0.3) is 0 Å². The Hall–Kier alpha value is -0.550. The van der Waals surface area contributed by atoms with E-state index in [1.54, 1.807) is 0 Å². The highest BCUT2D eigenvalue weighted by atomic mass is 79.9. The van der Waals surface area contributed by atoms with Crippen LogP contribution in [0.25, 0.3) is 0 Å². The maximum absolute atomic E-state index is 13.0. The lowest BCUT2D eigenvalue weighted by atomic mass is 10.1. The highest BCUT2D eigenvalue weighted by Crippen LogP contribution is 2.26. The van der Waals surface area contributed by atoms with Crippen molar-refractivity contribution in [3.8, 4) is 0 Å². The molecule has 1 aromatic carbocycles. The lowest BCUT2D eigenvalue weighted by Crippen LogP contribution is -2.12. The van der Waals surface area contributed by atoms with Crippen LogP contribution in [-0.4, -0.2) is 12.2 Å². The summed E-state index contributed by atoms with van der Waals surface area (Å²) in [6.45, 7) is 0. The molecule has 0 bridgehead atoms. The fourth-order valence-corrected chi connectivity index (χ4v) is 1.31. The Morgan fingerprint density at radius 3 is 2.50 bits per heavy atom. The normalized spacial score (nSPS) is 10.7. The molecule has 0 atom stereocenters. The first-order valence-electron chi connectivity index (χ1n) is 3.40. The number of alkyl halides is 2. The molecule has 0 amide bonds. The number of hydrogen-bond donors (Lipinski definition) is 0. The van der Waals surface area contributed by atoms with E-state index in [1.807, 2.05) is 0 Å². The molecule has 1 rings (SSSR count). The molecule has 0 aromatic heterocycles. The molecule has 0 fully saturated rings. The Balaban J connectivity index is 3.22. The minimum Gasteiger partial charge on any atom is -0.288 e. The van der Waals surface area contributed by atoms with Gasteiger partial charge in [0.2, 0.25) is 5.78 Å². The third kappa shape index (κ3) is 2.27. The quantitative estimate of drug-likeness (QED) is 0.599. The molecule has 0 heterocycles. The van der Waals surface area contributed by atoms with Gasteiger partial charge in [-0.2, -0.15) is 0 Å². The predicted molar refractivity (Wildman–Crippen MR) is 49.4 cm³/mol. The highest BCUT2D eigenvalue weighted by Gasteiger charge is 2.22. The van der Waals surface area contributed by atoms with E-state index in [2.05, 4.69) is 15.9 Å². The van der Waals surface area contributed by atoms with Crippen LogP contribution in [0.3, 0.4) is 0 Å². The smallest absolute Gasteiger partial charge is 0.288 e. The molecule has 6 heteroatoms. The first-order valence-corrected chi connectivity index (χ1v) is 4.57. The van der Waals surface area contributed by atoms with Gasteiger partial charge in [0.1, 0.15) is 5.82 Å².